The van der Waals surface area contributed by atoms with Crippen molar-refractivity contribution in [2.45, 2.75) is 25.8 Å². The van der Waals surface area contributed by atoms with E-state index in [1.165, 1.54) is 12.1 Å². The summed E-state index contributed by atoms with van der Waals surface area (Å²) >= 11 is 0. The molecule has 0 radical (unpaired) electrons. The molecule has 1 aromatic carbocycles. The van der Waals surface area contributed by atoms with Crippen LogP contribution in [-0.4, -0.2) is 35.2 Å². The second-order valence-electron chi connectivity index (χ2n) is 5.67. The van der Waals surface area contributed by atoms with Crippen molar-refractivity contribution in [2.24, 2.45) is 0 Å². The molecule has 2 heterocycles. The van der Waals surface area contributed by atoms with Crippen LogP contribution in [0.3, 0.4) is 0 Å². The van der Waals surface area contributed by atoms with Gasteiger partial charge in [0.1, 0.15) is 11.6 Å². The van der Waals surface area contributed by atoms with Gasteiger partial charge in [-0.25, -0.2) is 9.18 Å². The molecule has 0 unspecified atom stereocenters. The van der Waals surface area contributed by atoms with Crippen LogP contribution >= 0.6 is 0 Å². The Morgan fingerprint density at radius 3 is 2.61 bits per heavy atom. The lowest BCUT2D eigenvalue weighted by molar-refractivity contribution is 0.197. The number of rotatable bonds is 3. The molecule has 7 heteroatoms. The highest BCUT2D eigenvalue weighted by molar-refractivity contribution is 5.88. The Morgan fingerprint density at radius 1 is 1.30 bits per heavy atom. The maximum atomic E-state index is 12.9. The maximum Gasteiger partial charge on any atom is 0.323 e. The maximum absolute atomic E-state index is 12.9. The van der Waals surface area contributed by atoms with Gasteiger partial charge in [-0.05, 0) is 44.0 Å². The first-order chi connectivity index (χ1) is 11.1. The minimum absolute atomic E-state index is 0.168. The van der Waals surface area contributed by atoms with E-state index in [1.807, 2.05) is 0 Å². The van der Waals surface area contributed by atoms with Gasteiger partial charge in [-0.2, -0.15) is 0 Å². The molecular weight excluding hydrogens is 299 g/mol. The molecule has 2 N–H and O–H groups in total. The van der Waals surface area contributed by atoms with E-state index in [0.717, 1.165) is 18.5 Å². The van der Waals surface area contributed by atoms with Gasteiger partial charge in [-0.1, -0.05) is 5.16 Å². The fourth-order valence-electron chi connectivity index (χ4n) is 2.62. The average molecular weight is 318 g/mol. The standard InChI is InChI=1S/C16H19FN4O2/c1-11-10-15(20-23-11)19-16(22)21-8-6-14(7-9-21)18-13-4-2-12(17)3-5-13/h2-5,10,14,18H,6-9H2,1H3,(H,19,20,22). The fraction of sp³-hybridized carbons (Fsp3) is 0.375. The Hall–Kier alpha value is -2.57. The number of amides is 2. The molecule has 1 saturated heterocycles. The Morgan fingerprint density at radius 2 is 2.00 bits per heavy atom. The van der Waals surface area contributed by atoms with E-state index in [2.05, 4.69) is 15.8 Å². The number of halogens is 1. The van der Waals surface area contributed by atoms with Gasteiger partial charge in [-0.3, -0.25) is 5.32 Å². The number of urea groups is 1. The van der Waals surface area contributed by atoms with Gasteiger partial charge in [-0.15, -0.1) is 0 Å². The number of aryl methyl sites for hydroxylation is 1. The number of likely N-dealkylation sites (tertiary alicyclic amines) is 1. The molecule has 1 aliphatic heterocycles. The molecule has 2 amide bonds. The van der Waals surface area contributed by atoms with E-state index in [0.29, 0.717) is 24.7 Å². The molecular formula is C16H19FN4O2. The molecule has 23 heavy (non-hydrogen) atoms. The summed E-state index contributed by atoms with van der Waals surface area (Å²) in [5.41, 5.74) is 0.896. The van der Waals surface area contributed by atoms with Gasteiger partial charge in [0.15, 0.2) is 5.82 Å². The van der Waals surface area contributed by atoms with Crippen LogP contribution in [0, 0.1) is 12.7 Å². The molecule has 0 saturated carbocycles. The van der Waals surface area contributed by atoms with E-state index in [1.54, 1.807) is 30.0 Å². The molecule has 0 aliphatic carbocycles. The Balaban J connectivity index is 1.48. The van der Waals surface area contributed by atoms with Crippen LogP contribution in [0.25, 0.3) is 0 Å². The topological polar surface area (TPSA) is 70.4 Å². The highest BCUT2D eigenvalue weighted by atomic mass is 19.1. The van der Waals surface area contributed by atoms with Crippen LogP contribution < -0.4 is 10.6 Å². The number of aromatic nitrogens is 1. The highest BCUT2D eigenvalue weighted by Crippen LogP contribution is 2.18. The van der Waals surface area contributed by atoms with Crippen molar-refractivity contribution in [1.82, 2.24) is 10.1 Å². The summed E-state index contributed by atoms with van der Waals surface area (Å²) in [4.78, 5) is 13.9. The SMILES string of the molecule is Cc1cc(NC(=O)N2CCC(Nc3ccc(F)cc3)CC2)no1. The first-order valence-electron chi connectivity index (χ1n) is 7.61. The Labute approximate surface area is 133 Å². The minimum Gasteiger partial charge on any atom is -0.382 e. The second kappa shape index (κ2) is 6.68. The summed E-state index contributed by atoms with van der Waals surface area (Å²) in [6.45, 7) is 3.08. The number of hydrogen-bond donors (Lipinski definition) is 2. The zero-order valence-electron chi connectivity index (χ0n) is 12.9. The average Bonchev–Trinajstić information content (AvgIpc) is 2.95. The molecule has 1 aromatic heterocycles. The zero-order chi connectivity index (χ0) is 16.2. The Kier molecular flexibility index (Phi) is 4.45. The van der Waals surface area contributed by atoms with Gasteiger partial charge in [0.25, 0.3) is 0 Å². The van der Waals surface area contributed by atoms with E-state index in [9.17, 15) is 9.18 Å². The third-order valence-electron chi connectivity index (χ3n) is 3.86. The molecule has 0 bridgehead atoms. The first kappa shape index (κ1) is 15.3. The summed E-state index contributed by atoms with van der Waals surface area (Å²) in [7, 11) is 0. The fourth-order valence-corrected chi connectivity index (χ4v) is 2.62. The number of carbonyl (C=O) groups excluding carboxylic acids is 1. The normalized spacial score (nSPS) is 15.5. The van der Waals surface area contributed by atoms with Crippen LogP contribution in [0.1, 0.15) is 18.6 Å². The van der Waals surface area contributed by atoms with Crippen molar-refractivity contribution in [2.75, 3.05) is 23.7 Å². The highest BCUT2D eigenvalue weighted by Gasteiger charge is 2.23. The summed E-state index contributed by atoms with van der Waals surface area (Å²) < 4.78 is 17.8. The lowest BCUT2D eigenvalue weighted by Crippen LogP contribution is -2.44. The lowest BCUT2D eigenvalue weighted by atomic mass is 10.0. The van der Waals surface area contributed by atoms with E-state index in [-0.39, 0.29) is 17.9 Å². The quantitative estimate of drug-likeness (QED) is 0.911. The van der Waals surface area contributed by atoms with Gasteiger partial charge in [0, 0.05) is 30.9 Å². The number of nitrogens with zero attached hydrogens (tertiary/aromatic N) is 2. The van der Waals surface area contributed by atoms with Crippen molar-refractivity contribution >= 4 is 17.5 Å². The van der Waals surface area contributed by atoms with Crippen LogP contribution in [0.5, 0.6) is 0 Å². The number of benzene rings is 1. The van der Waals surface area contributed by atoms with Crippen LogP contribution in [0.4, 0.5) is 20.7 Å². The van der Waals surface area contributed by atoms with Gasteiger partial charge in [0.05, 0.1) is 0 Å². The van der Waals surface area contributed by atoms with E-state index in [4.69, 9.17) is 4.52 Å². The minimum atomic E-state index is -0.245. The zero-order valence-corrected chi connectivity index (χ0v) is 12.9. The second-order valence-corrected chi connectivity index (χ2v) is 5.67. The van der Waals surface area contributed by atoms with Crippen molar-refractivity contribution in [1.29, 1.82) is 0 Å². The molecule has 1 fully saturated rings. The number of piperidine rings is 1. The molecule has 0 atom stereocenters. The molecule has 0 spiro atoms. The van der Waals surface area contributed by atoms with Gasteiger partial charge >= 0.3 is 6.03 Å². The predicted molar refractivity (Wildman–Crippen MR) is 84.9 cm³/mol. The molecule has 122 valence electrons. The molecule has 1 aliphatic rings. The van der Waals surface area contributed by atoms with Crippen molar-refractivity contribution in [3.63, 3.8) is 0 Å². The third kappa shape index (κ3) is 4.00. The third-order valence-corrected chi connectivity index (χ3v) is 3.86. The first-order valence-corrected chi connectivity index (χ1v) is 7.61. The summed E-state index contributed by atoms with van der Waals surface area (Å²) in [5.74, 6) is 0.840. The Bertz CT molecular complexity index is 663. The van der Waals surface area contributed by atoms with Crippen molar-refractivity contribution in [3.05, 3.63) is 41.9 Å². The summed E-state index contributed by atoms with van der Waals surface area (Å²) in [6, 6.07) is 8.11. The van der Waals surface area contributed by atoms with Crippen molar-refractivity contribution < 1.29 is 13.7 Å². The monoisotopic (exact) mass is 318 g/mol. The number of anilines is 2. The summed E-state index contributed by atoms with van der Waals surface area (Å²) in [6.07, 6.45) is 1.67. The smallest absolute Gasteiger partial charge is 0.323 e. The van der Waals surface area contributed by atoms with Crippen LogP contribution in [0.2, 0.25) is 0 Å². The van der Waals surface area contributed by atoms with E-state index < -0.39 is 0 Å². The molecule has 3 rings (SSSR count). The van der Waals surface area contributed by atoms with E-state index >= 15 is 0 Å². The molecule has 6 nitrogen and oxygen atoms in total. The summed E-state index contributed by atoms with van der Waals surface area (Å²) in [5, 5.41) is 9.84. The number of hydrogen-bond acceptors (Lipinski definition) is 4. The predicted octanol–water partition coefficient (Wildman–Crippen LogP) is 3.23. The largest absolute Gasteiger partial charge is 0.382 e. The van der Waals surface area contributed by atoms with Crippen molar-refractivity contribution in [3.8, 4) is 0 Å². The lowest BCUT2D eigenvalue weighted by Gasteiger charge is -2.32. The van der Waals surface area contributed by atoms with Crippen LogP contribution in [-0.2, 0) is 0 Å². The van der Waals surface area contributed by atoms with Gasteiger partial charge in [0.2, 0.25) is 0 Å². The molecule has 2 aromatic rings. The number of carbonyl (C=O) groups is 1. The van der Waals surface area contributed by atoms with Gasteiger partial charge < -0.3 is 14.7 Å². The number of nitrogens with one attached hydrogen (secondary N) is 2. The van der Waals surface area contributed by atoms with Crippen LogP contribution in [0.15, 0.2) is 34.9 Å².